The molecule has 2 rings (SSSR count). The van der Waals surface area contributed by atoms with Crippen LogP contribution >= 0.6 is 0 Å². The van der Waals surface area contributed by atoms with E-state index in [1.165, 1.54) is 0 Å². The van der Waals surface area contributed by atoms with Crippen molar-refractivity contribution >= 4 is 11.5 Å². The van der Waals surface area contributed by atoms with E-state index in [0.717, 1.165) is 5.56 Å². The van der Waals surface area contributed by atoms with Crippen molar-refractivity contribution in [2.45, 2.75) is 6.42 Å². The maximum Gasteiger partial charge on any atom is 0.167 e. The van der Waals surface area contributed by atoms with Gasteiger partial charge in [0.1, 0.15) is 0 Å². The summed E-state index contributed by atoms with van der Waals surface area (Å²) >= 11 is 0. The Balaban J connectivity index is 2.25. The van der Waals surface area contributed by atoms with Crippen molar-refractivity contribution in [1.82, 2.24) is 0 Å². The fraction of sp³-hybridized carbons (Fsp3) is 0.0625. The molecule has 0 atom stereocenters. The van der Waals surface area contributed by atoms with Gasteiger partial charge in [0.05, 0.1) is 0 Å². The minimum atomic E-state index is -0.258. The van der Waals surface area contributed by atoms with Crippen LogP contribution in [0.4, 0.5) is 0 Å². The molecule has 0 heterocycles. The zero-order valence-corrected chi connectivity index (χ0v) is 9.93. The molecule has 18 heavy (non-hydrogen) atoms. The average molecular weight is 237 g/mol. The number of hydrogen-bond donors (Lipinski definition) is 0. The molecule has 90 valence electrons. The predicted octanol–water partition coefficient (Wildman–Crippen LogP) is 2.44. The van der Waals surface area contributed by atoms with Crippen LogP contribution in [0.15, 0.2) is 61.2 Å². The number of benzene rings is 2. The van der Waals surface area contributed by atoms with E-state index >= 15 is 0 Å². The Labute approximate surface area is 106 Å². The summed E-state index contributed by atoms with van der Waals surface area (Å²) in [6, 6.07) is 16.1. The number of carbonyl (C=O) groups is 1. The molecule has 2 aromatic rings. The molecule has 2 heteroatoms. The van der Waals surface area contributed by atoms with Gasteiger partial charge in [0, 0.05) is 12.0 Å². The number of carbonyl (C=O) groups excluding carboxylic acids is 1. The number of ketones is 1. The molecule has 0 saturated carbocycles. The van der Waals surface area contributed by atoms with Crippen LogP contribution in [-0.4, -0.2) is 5.78 Å². The van der Waals surface area contributed by atoms with Gasteiger partial charge in [-0.05, 0) is 11.1 Å². The Morgan fingerprint density at radius 2 is 1.61 bits per heavy atom. The van der Waals surface area contributed by atoms with Crippen LogP contribution in [0, 0.1) is 0 Å². The minimum absolute atomic E-state index is 0.00398. The summed E-state index contributed by atoms with van der Waals surface area (Å²) in [6.07, 6.45) is 0.224. The van der Waals surface area contributed by atoms with E-state index in [1.54, 1.807) is 30.3 Å². The highest BCUT2D eigenvalue weighted by atomic mass is 16.3. The molecule has 0 unspecified atom stereocenters. The number of hydrogen-bond acceptors (Lipinski definition) is 2. The molecule has 0 spiro atoms. The lowest BCUT2D eigenvalue weighted by Crippen LogP contribution is -2.08. The molecule has 0 bridgehead atoms. The molecule has 0 amide bonds. The topological polar surface area (TPSA) is 40.1 Å². The lowest BCUT2D eigenvalue weighted by molar-refractivity contribution is -0.243. The molecule has 0 N–H and O–H groups in total. The summed E-state index contributed by atoms with van der Waals surface area (Å²) in [6.45, 7) is 3.40. The number of rotatable bonds is 4. The predicted molar refractivity (Wildman–Crippen MR) is 70.0 cm³/mol. The Kier molecular flexibility index (Phi) is 3.58. The third-order valence-electron chi connectivity index (χ3n) is 2.76. The second-order valence-corrected chi connectivity index (χ2v) is 4.05. The van der Waals surface area contributed by atoms with Crippen molar-refractivity contribution in [1.29, 1.82) is 0 Å². The van der Waals surface area contributed by atoms with Gasteiger partial charge < -0.3 is 5.11 Å². The van der Waals surface area contributed by atoms with E-state index in [4.69, 9.17) is 0 Å². The van der Waals surface area contributed by atoms with Crippen LogP contribution in [0.25, 0.3) is 5.76 Å². The van der Waals surface area contributed by atoms with Gasteiger partial charge in [0.25, 0.3) is 0 Å². The van der Waals surface area contributed by atoms with Crippen LogP contribution in [0.5, 0.6) is 0 Å². The maximum absolute atomic E-state index is 12.1. The summed E-state index contributed by atoms with van der Waals surface area (Å²) < 4.78 is 0. The number of Topliss-reactive ketones (excluding diaryl/α,β-unsaturated/α-hetero) is 1. The third kappa shape index (κ3) is 2.66. The first kappa shape index (κ1) is 12.1. The standard InChI is InChI=1S/C16H14O2/c1-12(17)15-10-6-5-9-14(15)11-16(18)13-7-3-2-4-8-13/h2-10,17H,1,11H2/p-1. The highest BCUT2D eigenvalue weighted by molar-refractivity contribution is 5.97. The fourth-order valence-corrected chi connectivity index (χ4v) is 1.85. The Bertz CT molecular complexity index is 571. The van der Waals surface area contributed by atoms with Crippen LogP contribution in [0.1, 0.15) is 21.5 Å². The Morgan fingerprint density at radius 3 is 2.28 bits per heavy atom. The molecule has 2 aromatic carbocycles. The highest BCUT2D eigenvalue weighted by Gasteiger charge is 2.08. The van der Waals surface area contributed by atoms with Gasteiger partial charge in [-0.2, -0.15) is 0 Å². The first-order valence-corrected chi connectivity index (χ1v) is 5.71. The van der Waals surface area contributed by atoms with Gasteiger partial charge in [-0.15, -0.1) is 12.3 Å². The molecule has 0 aromatic heterocycles. The second kappa shape index (κ2) is 5.32. The van der Waals surface area contributed by atoms with Gasteiger partial charge in [-0.25, -0.2) is 0 Å². The van der Waals surface area contributed by atoms with Crippen molar-refractivity contribution in [3.8, 4) is 0 Å². The largest absolute Gasteiger partial charge is 0.872 e. The lowest BCUT2D eigenvalue weighted by Gasteiger charge is -2.14. The van der Waals surface area contributed by atoms with Crippen LogP contribution in [0.2, 0.25) is 0 Å². The van der Waals surface area contributed by atoms with E-state index in [2.05, 4.69) is 6.58 Å². The summed E-state index contributed by atoms with van der Waals surface area (Å²) in [7, 11) is 0. The average Bonchev–Trinajstić information content (AvgIpc) is 2.40. The summed E-state index contributed by atoms with van der Waals surface area (Å²) in [5, 5.41) is 11.4. The summed E-state index contributed by atoms with van der Waals surface area (Å²) in [5.41, 5.74) is 1.90. The van der Waals surface area contributed by atoms with Gasteiger partial charge >= 0.3 is 0 Å². The van der Waals surface area contributed by atoms with Crippen LogP contribution in [-0.2, 0) is 6.42 Å². The van der Waals surface area contributed by atoms with E-state index in [1.807, 2.05) is 24.3 Å². The van der Waals surface area contributed by atoms with Gasteiger partial charge in [-0.1, -0.05) is 54.6 Å². The van der Waals surface area contributed by atoms with Crippen LogP contribution < -0.4 is 5.11 Å². The Hall–Kier alpha value is -2.35. The Morgan fingerprint density at radius 1 is 1.00 bits per heavy atom. The first-order valence-electron chi connectivity index (χ1n) is 5.71. The molecule has 2 nitrogen and oxygen atoms in total. The van der Waals surface area contributed by atoms with Crippen molar-refractivity contribution in [2.24, 2.45) is 0 Å². The van der Waals surface area contributed by atoms with E-state index in [0.29, 0.717) is 11.1 Å². The maximum atomic E-state index is 12.1. The SMILES string of the molecule is C=C([O-])c1ccccc1CC(=O)c1ccccc1. The normalized spacial score (nSPS) is 10.0. The smallest absolute Gasteiger partial charge is 0.167 e. The van der Waals surface area contributed by atoms with E-state index < -0.39 is 0 Å². The van der Waals surface area contributed by atoms with Gasteiger partial charge in [0.2, 0.25) is 0 Å². The summed E-state index contributed by atoms with van der Waals surface area (Å²) in [5.74, 6) is -0.254. The zero-order chi connectivity index (χ0) is 13.0. The van der Waals surface area contributed by atoms with Gasteiger partial charge in [0.15, 0.2) is 5.78 Å². The van der Waals surface area contributed by atoms with Crippen molar-refractivity contribution in [3.63, 3.8) is 0 Å². The zero-order valence-electron chi connectivity index (χ0n) is 9.93. The van der Waals surface area contributed by atoms with E-state index in [9.17, 15) is 9.90 Å². The van der Waals surface area contributed by atoms with E-state index in [-0.39, 0.29) is 18.0 Å². The van der Waals surface area contributed by atoms with Crippen molar-refractivity contribution in [2.75, 3.05) is 0 Å². The molecule has 0 radical (unpaired) electrons. The lowest BCUT2D eigenvalue weighted by atomic mass is 9.98. The minimum Gasteiger partial charge on any atom is -0.872 e. The molecule has 0 aliphatic rings. The molecular weight excluding hydrogens is 224 g/mol. The van der Waals surface area contributed by atoms with Gasteiger partial charge in [-0.3, -0.25) is 4.79 Å². The highest BCUT2D eigenvalue weighted by Crippen LogP contribution is 2.16. The molecule has 0 fully saturated rings. The van der Waals surface area contributed by atoms with Crippen molar-refractivity contribution < 1.29 is 9.90 Å². The second-order valence-electron chi connectivity index (χ2n) is 4.05. The van der Waals surface area contributed by atoms with Crippen LogP contribution in [0.3, 0.4) is 0 Å². The summed E-state index contributed by atoms with van der Waals surface area (Å²) in [4.78, 5) is 12.1. The third-order valence-corrected chi connectivity index (χ3v) is 2.76. The fourth-order valence-electron chi connectivity index (χ4n) is 1.85. The quantitative estimate of drug-likeness (QED) is 0.605. The first-order chi connectivity index (χ1) is 8.68. The van der Waals surface area contributed by atoms with Crippen molar-refractivity contribution in [3.05, 3.63) is 77.9 Å². The molecular formula is C16H13O2-. The molecule has 0 aliphatic carbocycles. The monoisotopic (exact) mass is 237 g/mol. The molecule has 0 aliphatic heterocycles. The molecule has 0 saturated heterocycles.